The lowest BCUT2D eigenvalue weighted by Gasteiger charge is -2.36. The molecule has 7 nitrogen and oxygen atoms in total. The molecular weight excluding hydrogens is 392 g/mol. The SMILES string of the molecule is Cc1c(N2C(=O)[C@H]3C4CC(CN4C(=O)CC(C)(C)C)N3C2=O)ccc(C#N)c1Cl. The van der Waals surface area contributed by atoms with Crippen LogP contribution in [0.4, 0.5) is 10.5 Å². The fraction of sp³-hybridized carbons (Fsp3) is 0.524. The average Bonchev–Trinajstić information content (AvgIpc) is 3.28. The molecule has 0 aromatic heterocycles. The van der Waals surface area contributed by atoms with Gasteiger partial charge < -0.3 is 9.80 Å². The number of carbonyl (C=O) groups is 3. The van der Waals surface area contributed by atoms with E-state index in [2.05, 4.69) is 0 Å². The molecule has 4 rings (SSSR count). The molecule has 3 saturated heterocycles. The molecule has 0 saturated carbocycles. The zero-order valence-electron chi connectivity index (χ0n) is 16.9. The molecule has 3 aliphatic rings. The molecule has 152 valence electrons. The highest BCUT2D eigenvalue weighted by molar-refractivity contribution is 6.33. The first-order valence-corrected chi connectivity index (χ1v) is 10.1. The quantitative estimate of drug-likeness (QED) is 0.696. The Hall–Kier alpha value is -2.59. The van der Waals surface area contributed by atoms with Crippen molar-refractivity contribution in [2.45, 2.75) is 58.7 Å². The van der Waals surface area contributed by atoms with Crippen LogP contribution in [0.1, 0.15) is 44.7 Å². The number of urea groups is 1. The first kappa shape index (κ1) is 19.7. The number of rotatable bonds is 2. The van der Waals surface area contributed by atoms with Gasteiger partial charge in [-0.1, -0.05) is 32.4 Å². The predicted octanol–water partition coefficient (Wildman–Crippen LogP) is 3.08. The van der Waals surface area contributed by atoms with Crippen LogP contribution in [-0.4, -0.2) is 52.3 Å². The molecule has 8 heteroatoms. The van der Waals surface area contributed by atoms with E-state index in [1.54, 1.807) is 22.8 Å². The smallest absolute Gasteiger partial charge is 0.332 e. The van der Waals surface area contributed by atoms with Crippen LogP contribution in [0, 0.1) is 23.7 Å². The number of hydrogen-bond donors (Lipinski definition) is 0. The summed E-state index contributed by atoms with van der Waals surface area (Å²) < 4.78 is 0. The summed E-state index contributed by atoms with van der Waals surface area (Å²) in [5.41, 5.74) is 1.06. The normalized spacial score (nSPS) is 25.7. The number of amides is 4. The van der Waals surface area contributed by atoms with Gasteiger partial charge in [0, 0.05) is 13.0 Å². The van der Waals surface area contributed by atoms with E-state index in [1.807, 2.05) is 26.8 Å². The summed E-state index contributed by atoms with van der Waals surface area (Å²) in [6.45, 7) is 8.19. The maximum atomic E-state index is 13.3. The van der Waals surface area contributed by atoms with E-state index in [0.717, 1.165) is 4.90 Å². The lowest BCUT2D eigenvalue weighted by Crippen LogP contribution is -2.55. The van der Waals surface area contributed by atoms with Gasteiger partial charge in [-0.15, -0.1) is 0 Å². The van der Waals surface area contributed by atoms with Crippen molar-refractivity contribution in [1.29, 1.82) is 5.26 Å². The zero-order chi connectivity index (χ0) is 21.2. The van der Waals surface area contributed by atoms with Gasteiger partial charge in [0.2, 0.25) is 5.91 Å². The minimum Gasteiger partial charge on any atom is -0.335 e. The second kappa shape index (κ2) is 6.46. The number of carbonyl (C=O) groups excluding carboxylic acids is 3. The van der Waals surface area contributed by atoms with Crippen molar-refractivity contribution < 1.29 is 14.4 Å². The fourth-order valence-electron chi connectivity index (χ4n) is 4.72. The summed E-state index contributed by atoms with van der Waals surface area (Å²) >= 11 is 6.25. The van der Waals surface area contributed by atoms with Crippen LogP contribution in [0.2, 0.25) is 5.02 Å². The zero-order valence-corrected chi connectivity index (χ0v) is 17.7. The molecule has 3 fully saturated rings. The first-order chi connectivity index (χ1) is 13.5. The van der Waals surface area contributed by atoms with Gasteiger partial charge in [-0.2, -0.15) is 5.26 Å². The van der Waals surface area contributed by atoms with Crippen LogP contribution in [-0.2, 0) is 9.59 Å². The highest BCUT2D eigenvalue weighted by Crippen LogP contribution is 2.44. The van der Waals surface area contributed by atoms with Crippen molar-refractivity contribution in [2.24, 2.45) is 5.41 Å². The molecule has 2 unspecified atom stereocenters. The van der Waals surface area contributed by atoms with Gasteiger partial charge >= 0.3 is 6.03 Å². The maximum absolute atomic E-state index is 13.3. The lowest BCUT2D eigenvalue weighted by molar-refractivity contribution is -0.137. The van der Waals surface area contributed by atoms with Gasteiger partial charge in [0.05, 0.1) is 28.4 Å². The van der Waals surface area contributed by atoms with Gasteiger partial charge in [0.15, 0.2) is 0 Å². The molecule has 0 aliphatic carbocycles. The number of hydrogen-bond acceptors (Lipinski definition) is 4. The van der Waals surface area contributed by atoms with Crippen molar-refractivity contribution in [3.63, 3.8) is 0 Å². The number of benzene rings is 1. The molecule has 0 radical (unpaired) electrons. The van der Waals surface area contributed by atoms with E-state index in [0.29, 0.717) is 36.2 Å². The van der Waals surface area contributed by atoms with Gasteiger partial charge in [0.25, 0.3) is 5.91 Å². The van der Waals surface area contributed by atoms with E-state index < -0.39 is 6.04 Å². The third-order valence-electron chi connectivity index (χ3n) is 5.99. The number of imide groups is 1. The molecule has 1 aromatic rings. The highest BCUT2D eigenvalue weighted by atomic mass is 35.5. The Bertz CT molecular complexity index is 977. The molecule has 3 aliphatic heterocycles. The molecule has 3 heterocycles. The molecule has 0 N–H and O–H groups in total. The van der Waals surface area contributed by atoms with Crippen LogP contribution < -0.4 is 4.90 Å². The van der Waals surface area contributed by atoms with Crippen LogP contribution in [0.5, 0.6) is 0 Å². The summed E-state index contributed by atoms with van der Waals surface area (Å²) in [6, 6.07) is 3.64. The number of nitriles is 1. The molecule has 4 amide bonds. The molecule has 3 atom stereocenters. The molecule has 29 heavy (non-hydrogen) atoms. The number of halogens is 1. The third-order valence-corrected chi connectivity index (χ3v) is 6.47. The average molecular weight is 415 g/mol. The third kappa shape index (κ3) is 2.89. The number of piperazine rings is 1. The van der Waals surface area contributed by atoms with E-state index in [4.69, 9.17) is 16.9 Å². The van der Waals surface area contributed by atoms with Gasteiger partial charge in [0.1, 0.15) is 12.1 Å². The van der Waals surface area contributed by atoms with Crippen LogP contribution in [0.3, 0.4) is 0 Å². The van der Waals surface area contributed by atoms with Crippen LogP contribution in [0.25, 0.3) is 0 Å². The van der Waals surface area contributed by atoms with Gasteiger partial charge in [-0.3, -0.25) is 9.59 Å². The molecule has 2 bridgehead atoms. The Labute approximate surface area is 174 Å². The number of likely N-dealkylation sites (tertiary alicyclic amines) is 1. The van der Waals surface area contributed by atoms with Gasteiger partial charge in [-0.25, -0.2) is 9.69 Å². The Morgan fingerprint density at radius 3 is 2.62 bits per heavy atom. The second-order valence-corrected chi connectivity index (χ2v) is 9.61. The molecule has 0 spiro atoms. The largest absolute Gasteiger partial charge is 0.335 e. The number of nitrogens with zero attached hydrogens (tertiary/aromatic N) is 4. The Morgan fingerprint density at radius 2 is 2.00 bits per heavy atom. The first-order valence-electron chi connectivity index (χ1n) is 9.70. The predicted molar refractivity (Wildman–Crippen MR) is 107 cm³/mol. The maximum Gasteiger partial charge on any atom is 0.332 e. The van der Waals surface area contributed by atoms with Crippen molar-refractivity contribution in [2.75, 3.05) is 11.4 Å². The van der Waals surface area contributed by atoms with E-state index in [9.17, 15) is 14.4 Å². The van der Waals surface area contributed by atoms with Crippen molar-refractivity contribution >= 4 is 35.1 Å². The summed E-state index contributed by atoms with van der Waals surface area (Å²) in [5.74, 6) is -0.305. The van der Waals surface area contributed by atoms with Gasteiger partial charge in [-0.05, 0) is 36.5 Å². The monoisotopic (exact) mass is 414 g/mol. The minimum absolute atomic E-state index is 0.0287. The van der Waals surface area contributed by atoms with Crippen molar-refractivity contribution in [3.05, 3.63) is 28.3 Å². The Kier molecular flexibility index (Phi) is 4.39. The molecule has 1 aromatic carbocycles. The standard InChI is InChI=1S/C21H23ClN4O3/c1-11-14(6-5-12(9-23)17(11)22)26-19(28)18-15-7-13(25(18)20(26)29)10-24(15)16(27)8-21(2,3)4/h5-6,13,15,18H,7-8,10H2,1-4H3/t13?,15?,18-/m1/s1. The highest BCUT2D eigenvalue weighted by Gasteiger charge is 2.63. The van der Waals surface area contributed by atoms with Crippen LogP contribution >= 0.6 is 11.6 Å². The molecular formula is C21H23ClN4O3. The van der Waals surface area contributed by atoms with Crippen LogP contribution in [0.15, 0.2) is 12.1 Å². The summed E-state index contributed by atoms with van der Waals surface area (Å²) in [7, 11) is 0. The lowest BCUT2D eigenvalue weighted by atomic mass is 9.91. The van der Waals surface area contributed by atoms with Crippen molar-refractivity contribution in [3.8, 4) is 6.07 Å². The topological polar surface area (TPSA) is 84.7 Å². The Morgan fingerprint density at radius 1 is 1.31 bits per heavy atom. The summed E-state index contributed by atoms with van der Waals surface area (Å²) in [5, 5.41) is 9.38. The van der Waals surface area contributed by atoms with Crippen molar-refractivity contribution in [1.82, 2.24) is 9.80 Å². The Balaban J connectivity index is 1.65. The summed E-state index contributed by atoms with van der Waals surface area (Å²) in [4.78, 5) is 43.8. The van der Waals surface area contributed by atoms with E-state index in [-0.39, 0.29) is 40.4 Å². The minimum atomic E-state index is -0.654. The number of anilines is 1. The second-order valence-electron chi connectivity index (χ2n) is 9.23. The summed E-state index contributed by atoms with van der Waals surface area (Å²) in [6.07, 6.45) is 1.04. The number of fused-ring (bicyclic) bond motifs is 5. The van der Waals surface area contributed by atoms with E-state index >= 15 is 0 Å². The fourth-order valence-corrected chi connectivity index (χ4v) is 4.93. The van der Waals surface area contributed by atoms with E-state index in [1.165, 1.54) is 6.07 Å².